The third-order valence-corrected chi connectivity index (χ3v) is 28.1. The van der Waals surface area contributed by atoms with Crippen LogP contribution in [0.1, 0.15) is 44.5 Å². The summed E-state index contributed by atoms with van der Waals surface area (Å²) < 4.78 is 12.9. The number of hydrogen-bond donors (Lipinski definition) is 0. The monoisotopic (exact) mass is 1050 g/mol. The molecule has 0 saturated heterocycles. The minimum atomic E-state index is -3.90. The fraction of sp³-hybridized carbons (Fsp3) is 0.0270. The zero-order valence-corrected chi connectivity index (χ0v) is 44.6. The van der Waals surface area contributed by atoms with Gasteiger partial charge in [0.1, 0.15) is 0 Å². The SMILES string of the molecule is c1cc[c]([Ge]2([c]3ccccc3)[c]3ccc(N4c5ccccc5C5(c6ccccc6-c6ccccc65)c5ccccc54)cc3Oc3cc(N4c5ccccc5C5(c6ccccc6-c6ccccc65)c5ccccc54)cc[c]32)cc1. The molecule has 5 aliphatic rings. The van der Waals surface area contributed by atoms with Gasteiger partial charge in [-0.15, -0.1) is 0 Å². The number of para-hydroxylation sites is 4. The van der Waals surface area contributed by atoms with Gasteiger partial charge < -0.3 is 0 Å². The van der Waals surface area contributed by atoms with E-state index in [1.54, 1.807) is 0 Å². The van der Waals surface area contributed by atoms with Gasteiger partial charge in [0.15, 0.2) is 0 Å². The Kier molecular flexibility index (Phi) is 9.15. The first-order valence-electron chi connectivity index (χ1n) is 27.2. The normalized spacial score (nSPS) is 15.3. The van der Waals surface area contributed by atoms with E-state index in [1.165, 1.54) is 84.3 Å². The van der Waals surface area contributed by atoms with Crippen molar-refractivity contribution in [3.05, 3.63) is 336 Å². The van der Waals surface area contributed by atoms with Crippen LogP contribution >= 0.6 is 0 Å². The zero-order chi connectivity index (χ0) is 51.2. The molecule has 3 nitrogen and oxygen atoms in total. The number of ether oxygens (including phenoxy) is 1. The Morgan fingerprint density at radius 3 is 0.846 bits per heavy atom. The Bertz CT molecular complexity index is 3990. The molecule has 0 radical (unpaired) electrons. The molecule has 17 rings (SSSR count). The first-order chi connectivity index (χ1) is 38.7. The Morgan fingerprint density at radius 1 is 0.256 bits per heavy atom. The van der Waals surface area contributed by atoms with E-state index in [2.05, 4.69) is 301 Å². The van der Waals surface area contributed by atoms with Crippen molar-refractivity contribution in [1.82, 2.24) is 0 Å². The molecule has 12 aromatic carbocycles. The third kappa shape index (κ3) is 5.48. The first-order valence-corrected chi connectivity index (χ1v) is 31.4. The average molecular weight is 1050 g/mol. The third-order valence-electron chi connectivity index (χ3n) is 18.0. The van der Waals surface area contributed by atoms with E-state index in [4.69, 9.17) is 4.74 Å². The van der Waals surface area contributed by atoms with E-state index in [0.717, 1.165) is 45.6 Å². The Morgan fingerprint density at radius 2 is 0.526 bits per heavy atom. The minimum absolute atomic E-state index is 0.502. The van der Waals surface area contributed by atoms with Crippen molar-refractivity contribution in [2.24, 2.45) is 0 Å². The summed E-state index contributed by atoms with van der Waals surface area (Å²) in [7, 11) is 0. The van der Waals surface area contributed by atoms with Crippen LogP contribution in [0.2, 0.25) is 0 Å². The van der Waals surface area contributed by atoms with E-state index in [-0.39, 0.29) is 0 Å². The number of rotatable bonds is 4. The summed E-state index contributed by atoms with van der Waals surface area (Å²) in [4.78, 5) is 4.98. The van der Waals surface area contributed by atoms with Crippen LogP contribution in [-0.2, 0) is 10.8 Å². The van der Waals surface area contributed by atoms with E-state index < -0.39 is 24.1 Å². The van der Waals surface area contributed by atoms with Crippen molar-refractivity contribution in [1.29, 1.82) is 0 Å². The van der Waals surface area contributed by atoms with Crippen LogP contribution in [0.15, 0.2) is 291 Å². The van der Waals surface area contributed by atoms with Gasteiger partial charge >= 0.3 is 460 Å². The van der Waals surface area contributed by atoms with Crippen molar-refractivity contribution in [2.45, 2.75) is 10.8 Å². The van der Waals surface area contributed by atoms with Gasteiger partial charge in [-0.05, 0) is 0 Å². The number of anilines is 6. The summed E-state index contributed by atoms with van der Waals surface area (Å²) in [6.45, 7) is 0. The molecule has 2 spiro atoms. The summed E-state index contributed by atoms with van der Waals surface area (Å²) in [6, 6.07) is 109. The van der Waals surface area contributed by atoms with Gasteiger partial charge in [-0.25, -0.2) is 0 Å². The van der Waals surface area contributed by atoms with Crippen LogP contribution in [0.3, 0.4) is 0 Å². The second-order valence-corrected chi connectivity index (χ2v) is 29.2. The number of hydrogen-bond acceptors (Lipinski definition) is 3. The molecule has 2 aliphatic carbocycles. The molecule has 3 heterocycles. The van der Waals surface area contributed by atoms with Crippen LogP contribution in [0.25, 0.3) is 22.3 Å². The van der Waals surface area contributed by atoms with Gasteiger partial charge in [0.25, 0.3) is 0 Å². The van der Waals surface area contributed by atoms with Crippen LogP contribution in [0.4, 0.5) is 34.1 Å². The van der Waals surface area contributed by atoms with Crippen molar-refractivity contribution < 1.29 is 4.74 Å². The molecule has 0 aromatic heterocycles. The van der Waals surface area contributed by atoms with E-state index in [9.17, 15) is 0 Å². The van der Waals surface area contributed by atoms with Crippen molar-refractivity contribution in [2.75, 3.05) is 9.80 Å². The molecule has 0 N–H and O–H groups in total. The molecule has 3 aliphatic heterocycles. The van der Waals surface area contributed by atoms with Gasteiger partial charge in [0.05, 0.1) is 0 Å². The zero-order valence-electron chi connectivity index (χ0n) is 42.5. The first kappa shape index (κ1) is 43.8. The van der Waals surface area contributed by atoms with Crippen LogP contribution < -0.4 is 32.1 Å². The van der Waals surface area contributed by atoms with E-state index in [0.29, 0.717) is 0 Å². The second kappa shape index (κ2) is 16.3. The van der Waals surface area contributed by atoms with Gasteiger partial charge in [-0.2, -0.15) is 0 Å². The topological polar surface area (TPSA) is 15.7 Å². The maximum atomic E-state index is 7.66. The number of fused-ring (bicyclic) bond motifs is 20. The standard InChI is InChI=1S/C74H48GeN2O/c1-3-23-49(24-4-1)75(50-25-5-2-6-26-50)65-45-43-51(76-67-39-19-15-35-61(67)73(62-36-16-20-40-68(62)76)57-31-11-7-27-53(57)54-28-8-12-32-58(54)73)47-71(65)78-72-48-52(44-46-66(72)75)77-69-41-21-17-37-63(69)74(64-38-18-22-42-70(64)77)59-33-13-9-29-55(59)56-30-10-14-34-60(56)74/h1-48H. The fourth-order valence-corrected chi connectivity index (χ4v) is 25.5. The molecule has 4 heteroatoms. The fourth-order valence-electron chi connectivity index (χ4n) is 15.2. The molecule has 364 valence electrons. The second-order valence-electron chi connectivity index (χ2n) is 21.4. The molecular weight excluding hydrogens is 1010 g/mol. The molecular formula is C74H48GeN2O. The molecule has 0 amide bonds. The molecule has 0 atom stereocenters. The van der Waals surface area contributed by atoms with Crippen molar-refractivity contribution in [3.63, 3.8) is 0 Å². The Balaban J connectivity index is 0.887. The van der Waals surface area contributed by atoms with Crippen LogP contribution in [0, 0.1) is 0 Å². The number of benzene rings is 12. The van der Waals surface area contributed by atoms with Gasteiger partial charge in [-0.3, -0.25) is 0 Å². The van der Waals surface area contributed by atoms with Gasteiger partial charge in [0.2, 0.25) is 0 Å². The maximum absolute atomic E-state index is 7.66. The Labute approximate surface area is 456 Å². The van der Waals surface area contributed by atoms with Crippen molar-refractivity contribution >= 4 is 65.0 Å². The molecule has 0 unspecified atom stereocenters. The average Bonchev–Trinajstić information content (AvgIpc) is 3.98. The van der Waals surface area contributed by atoms with E-state index in [1.807, 2.05) is 0 Å². The van der Waals surface area contributed by atoms with Gasteiger partial charge in [0, 0.05) is 0 Å². The summed E-state index contributed by atoms with van der Waals surface area (Å²) in [5, 5.41) is 0. The Hall–Kier alpha value is -9.42. The molecule has 0 fully saturated rings. The van der Waals surface area contributed by atoms with E-state index >= 15 is 0 Å². The van der Waals surface area contributed by atoms with Crippen LogP contribution in [-0.4, -0.2) is 13.3 Å². The van der Waals surface area contributed by atoms with Crippen molar-refractivity contribution in [3.8, 4) is 33.8 Å². The molecule has 0 saturated carbocycles. The van der Waals surface area contributed by atoms with Gasteiger partial charge in [-0.1, -0.05) is 0 Å². The summed E-state index contributed by atoms with van der Waals surface area (Å²) >= 11 is -3.90. The predicted molar refractivity (Wildman–Crippen MR) is 321 cm³/mol. The summed E-state index contributed by atoms with van der Waals surface area (Å²) in [5.74, 6) is 1.79. The molecule has 12 aromatic rings. The number of nitrogens with zero attached hydrogens (tertiary/aromatic N) is 2. The summed E-state index contributed by atoms with van der Waals surface area (Å²) in [5.41, 5.74) is 21.3. The summed E-state index contributed by atoms with van der Waals surface area (Å²) in [6.07, 6.45) is 0. The quantitative estimate of drug-likeness (QED) is 0.163. The molecule has 0 bridgehead atoms. The predicted octanol–water partition coefficient (Wildman–Crippen LogP) is 15.5. The molecule has 78 heavy (non-hydrogen) atoms. The van der Waals surface area contributed by atoms with Crippen LogP contribution in [0.5, 0.6) is 11.5 Å².